The van der Waals surface area contributed by atoms with Crippen molar-refractivity contribution in [1.29, 1.82) is 5.26 Å². The number of esters is 1. The third kappa shape index (κ3) is 5.62. The Morgan fingerprint density at radius 2 is 1.38 bits per heavy atom. The number of fused-ring (bicyclic) bond motifs is 1. The molecule has 5 aromatic carbocycles. The summed E-state index contributed by atoms with van der Waals surface area (Å²) in [5.41, 5.74) is 3.44. The van der Waals surface area contributed by atoms with Crippen molar-refractivity contribution in [1.82, 2.24) is 0 Å². The second-order valence-corrected chi connectivity index (χ2v) is 8.92. The molecule has 5 rings (SSSR count). The summed E-state index contributed by atoms with van der Waals surface area (Å²) in [6.45, 7) is 0. The molecule has 7 nitrogen and oxygen atoms in total. The van der Waals surface area contributed by atoms with Gasteiger partial charge in [-0.1, -0.05) is 84.9 Å². The predicted octanol–water partition coefficient (Wildman–Crippen LogP) is 7.31. The van der Waals surface area contributed by atoms with Crippen LogP contribution in [0.15, 0.2) is 115 Å². The van der Waals surface area contributed by atoms with E-state index in [1.807, 2.05) is 84.9 Å². The van der Waals surface area contributed by atoms with Gasteiger partial charge in [0.05, 0.1) is 24.4 Å². The van der Waals surface area contributed by atoms with Gasteiger partial charge in [0.15, 0.2) is 0 Å². The van der Waals surface area contributed by atoms with Gasteiger partial charge in [-0.2, -0.15) is 5.26 Å². The third-order valence-electron chi connectivity index (χ3n) is 6.38. The normalized spacial score (nSPS) is 10.5. The van der Waals surface area contributed by atoms with Crippen molar-refractivity contribution in [3.05, 3.63) is 138 Å². The highest BCUT2D eigenvalue weighted by Crippen LogP contribution is 2.33. The number of amides is 2. The fraction of sp³-hybridized carbons (Fsp3) is 0.0606. The smallest absolute Gasteiger partial charge is 0.341 e. The topological polar surface area (TPSA) is 100 Å². The number of anilines is 2. The number of hydrogen-bond acceptors (Lipinski definition) is 5. The second-order valence-electron chi connectivity index (χ2n) is 8.92. The van der Waals surface area contributed by atoms with E-state index in [9.17, 15) is 14.9 Å². The van der Waals surface area contributed by atoms with Gasteiger partial charge in [-0.25, -0.2) is 9.59 Å². The van der Waals surface area contributed by atoms with E-state index in [0.717, 1.165) is 21.9 Å². The standard InChI is InChI=1S/C33H25N3O4/c1-39-32(37)28-20-25(35-33(38)36-29-18-16-24(21-34)26-14-8-9-15-27(26)29)17-19-30(28)40-31(22-10-4-2-5-11-22)23-12-6-3-7-13-23/h2-20,31H,1H3,(H2,35,36,38). The van der Waals surface area contributed by atoms with Crippen LogP contribution in [0.4, 0.5) is 16.2 Å². The first kappa shape index (κ1) is 26.0. The lowest BCUT2D eigenvalue weighted by molar-refractivity contribution is 0.0594. The van der Waals surface area contributed by atoms with Crippen molar-refractivity contribution in [2.24, 2.45) is 0 Å². The number of benzene rings is 5. The molecule has 0 saturated carbocycles. The molecular weight excluding hydrogens is 502 g/mol. The van der Waals surface area contributed by atoms with Gasteiger partial charge in [-0.15, -0.1) is 0 Å². The number of carbonyl (C=O) groups excluding carboxylic acids is 2. The van der Waals surface area contributed by atoms with Crippen molar-refractivity contribution in [2.75, 3.05) is 17.7 Å². The van der Waals surface area contributed by atoms with Crippen LogP contribution < -0.4 is 15.4 Å². The molecule has 0 fully saturated rings. The monoisotopic (exact) mass is 527 g/mol. The summed E-state index contributed by atoms with van der Waals surface area (Å²) in [4.78, 5) is 25.7. The zero-order chi connectivity index (χ0) is 27.9. The number of nitrogens with one attached hydrogen (secondary N) is 2. The Labute approximate surface area is 231 Å². The highest BCUT2D eigenvalue weighted by molar-refractivity contribution is 6.07. The summed E-state index contributed by atoms with van der Waals surface area (Å²) in [5, 5.41) is 16.5. The Morgan fingerprint density at radius 1 is 0.750 bits per heavy atom. The molecule has 40 heavy (non-hydrogen) atoms. The number of nitriles is 1. The molecule has 0 bridgehead atoms. The van der Waals surface area contributed by atoms with Crippen LogP contribution in [0.3, 0.4) is 0 Å². The summed E-state index contributed by atoms with van der Waals surface area (Å²) >= 11 is 0. The Hall–Kier alpha value is -5.61. The van der Waals surface area contributed by atoms with Crippen LogP contribution in [-0.4, -0.2) is 19.1 Å². The number of hydrogen-bond donors (Lipinski definition) is 2. The van der Waals surface area contributed by atoms with Crippen LogP contribution in [0.2, 0.25) is 0 Å². The molecule has 2 N–H and O–H groups in total. The molecule has 7 heteroatoms. The van der Waals surface area contributed by atoms with E-state index >= 15 is 0 Å². The summed E-state index contributed by atoms with van der Waals surface area (Å²) < 4.78 is 11.4. The minimum Gasteiger partial charge on any atom is -0.480 e. The maximum absolute atomic E-state index is 12.9. The molecule has 5 aromatic rings. The van der Waals surface area contributed by atoms with Gasteiger partial charge in [0.25, 0.3) is 0 Å². The Bertz CT molecular complexity index is 1670. The fourth-order valence-electron chi connectivity index (χ4n) is 4.48. The summed E-state index contributed by atoms with van der Waals surface area (Å²) in [6.07, 6.45) is -0.474. The molecule has 0 unspecified atom stereocenters. The highest BCUT2D eigenvalue weighted by atomic mass is 16.5. The average Bonchev–Trinajstić information content (AvgIpc) is 3.01. The van der Waals surface area contributed by atoms with Crippen molar-refractivity contribution in [3.63, 3.8) is 0 Å². The lowest BCUT2D eigenvalue weighted by Crippen LogP contribution is -2.20. The molecule has 0 spiro atoms. The molecule has 0 atom stereocenters. The minimum absolute atomic E-state index is 0.168. The largest absolute Gasteiger partial charge is 0.480 e. The first-order valence-corrected chi connectivity index (χ1v) is 12.6. The second kappa shape index (κ2) is 11.8. The van der Waals surface area contributed by atoms with Crippen LogP contribution in [0.25, 0.3) is 10.8 Å². The number of nitrogens with zero attached hydrogens (tertiary/aromatic N) is 1. The van der Waals surface area contributed by atoms with Crippen molar-refractivity contribution < 1.29 is 19.1 Å². The number of urea groups is 1. The zero-order valence-electron chi connectivity index (χ0n) is 21.6. The number of methoxy groups -OCH3 is 1. The maximum atomic E-state index is 12.9. The molecule has 0 aliphatic heterocycles. The van der Waals surface area contributed by atoms with E-state index in [-0.39, 0.29) is 5.56 Å². The van der Waals surface area contributed by atoms with E-state index in [4.69, 9.17) is 9.47 Å². The van der Waals surface area contributed by atoms with Gasteiger partial charge in [0, 0.05) is 16.5 Å². The lowest BCUT2D eigenvalue weighted by Gasteiger charge is -2.22. The third-order valence-corrected chi connectivity index (χ3v) is 6.38. The zero-order valence-corrected chi connectivity index (χ0v) is 21.6. The average molecular weight is 528 g/mol. The summed E-state index contributed by atoms with van der Waals surface area (Å²) in [5.74, 6) is -0.286. The number of ether oxygens (including phenoxy) is 2. The van der Waals surface area contributed by atoms with E-state index in [1.54, 1.807) is 24.3 Å². The van der Waals surface area contributed by atoms with Gasteiger partial charge < -0.3 is 20.1 Å². The number of rotatable bonds is 7. The van der Waals surface area contributed by atoms with Crippen molar-refractivity contribution in [3.8, 4) is 11.8 Å². The molecular formula is C33H25N3O4. The summed E-state index contributed by atoms with van der Waals surface area (Å²) in [6, 6.07) is 36.6. The molecule has 0 aliphatic rings. The molecule has 2 amide bonds. The minimum atomic E-state index is -0.600. The summed E-state index contributed by atoms with van der Waals surface area (Å²) in [7, 11) is 1.29. The molecule has 0 aliphatic carbocycles. The van der Waals surface area contributed by atoms with Crippen LogP contribution in [-0.2, 0) is 4.74 Å². The van der Waals surface area contributed by atoms with Gasteiger partial charge in [0.2, 0.25) is 0 Å². The lowest BCUT2D eigenvalue weighted by atomic mass is 10.0. The highest BCUT2D eigenvalue weighted by Gasteiger charge is 2.21. The van der Waals surface area contributed by atoms with Crippen LogP contribution >= 0.6 is 0 Å². The first-order chi connectivity index (χ1) is 19.6. The van der Waals surface area contributed by atoms with Gasteiger partial charge >= 0.3 is 12.0 Å². The van der Waals surface area contributed by atoms with Gasteiger partial charge in [0.1, 0.15) is 17.4 Å². The van der Waals surface area contributed by atoms with Gasteiger partial charge in [-0.3, -0.25) is 0 Å². The van der Waals surface area contributed by atoms with Crippen LogP contribution in [0.1, 0.15) is 33.2 Å². The van der Waals surface area contributed by atoms with E-state index in [2.05, 4.69) is 16.7 Å². The number of carbonyl (C=O) groups is 2. The Kier molecular flexibility index (Phi) is 7.70. The molecule has 196 valence electrons. The van der Waals surface area contributed by atoms with Crippen LogP contribution in [0.5, 0.6) is 5.75 Å². The predicted molar refractivity (Wildman–Crippen MR) is 154 cm³/mol. The van der Waals surface area contributed by atoms with E-state index in [0.29, 0.717) is 22.7 Å². The van der Waals surface area contributed by atoms with E-state index < -0.39 is 18.1 Å². The fourth-order valence-corrected chi connectivity index (χ4v) is 4.48. The quantitative estimate of drug-likeness (QED) is 0.216. The first-order valence-electron chi connectivity index (χ1n) is 12.6. The van der Waals surface area contributed by atoms with Crippen molar-refractivity contribution >= 4 is 34.1 Å². The van der Waals surface area contributed by atoms with Crippen molar-refractivity contribution in [2.45, 2.75) is 6.10 Å². The maximum Gasteiger partial charge on any atom is 0.341 e. The Morgan fingerprint density at radius 3 is 2.00 bits per heavy atom. The molecule has 0 saturated heterocycles. The van der Waals surface area contributed by atoms with Crippen LogP contribution in [0, 0.1) is 11.3 Å². The SMILES string of the molecule is COC(=O)c1cc(NC(=O)Nc2ccc(C#N)c3ccccc23)ccc1OC(c1ccccc1)c1ccccc1. The molecule has 0 radical (unpaired) electrons. The molecule has 0 aromatic heterocycles. The Balaban J connectivity index is 1.42. The van der Waals surface area contributed by atoms with E-state index in [1.165, 1.54) is 13.2 Å². The molecule has 0 heterocycles. The van der Waals surface area contributed by atoms with Gasteiger partial charge in [-0.05, 0) is 41.5 Å².